The topological polar surface area (TPSA) is 101 Å². The number of nitrogens with zero attached hydrogens (tertiary/aromatic N) is 1. The minimum Gasteiger partial charge on any atom is -0.467 e. The molecule has 0 saturated heterocycles. The quantitative estimate of drug-likeness (QED) is 0.870. The molecule has 0 fully saturated rings. The first-order chi connectivity index (χ1) is 11.0. The summed E-state index contributed by atoms with van der Waals surface area (Å²) >= 11 is 0. The van der Waals surface area contributed by atoms with E-state index in [1.165, 1.54) is 12.3 Å². The Morgan fingerprint density at radius 2 is 2.04 bits per heavy atom. The molecular formula is C15H15N3O4S. The van der Waals surface area contributed by atoms with E-state index in [0.717, 1.165) is 0 Å². The Hall–Kier alpha value is -2.61. The maximum absolute atomic E-state index is 12.1. The first-order valence-corrected chi connectivity index (χ1v) is 8.47. The van der Waals surface area contributed by atoms with Gasteiger partial charge in [0.15, 0.2) is 0 Å². The van der Waals surface area contributed by atoms with Gasteiger partial charge in [0.25, 0.3) is 10.0 Å². The van der Waals surface area contributed by atoms with Crippen LogP contribution in [0.5, 0.6) is 0 Å². The SMILES string of the molecule is O=C(CCC1=NS(=O)(=O)c2ccccc2N1)NCc1ccco1. The molecule has 8 heteroatoms. The van der Waals surface area contributed by atoms with E-state index in [4.69, 9.17) is 4.42 Å². The van der Waals surface area contributed by atoms with Gasteiger partial charge < -0.3 is 15.1 Å². The number of carbonyl (C=O) groups is 1. The van der Waals surface area contributed by atoms with Crippen LogP contribution in [-0.2, 0) is 21.4 Å². The number of carbonyl (C=O) groups excluding carboxylic acids is 1. The number of anilines is 1. The Morgan fingerprint density at radius 3 is 2.83 bits per heavy atom. The van der Waals surface area contributed by atoms with Gasteiger partial charge in [0.05, 0.1) is 18.5 Å². The zero-order chi connectivity index (χ0) is 16.3. The highest BCUT2D eigenvalue weighted by Crippen LogP contribution is 2.27. The van der Waals surface area contributed by atoms with E-state index in [0.29, 0.717) is 18.0 Å². The van der Waals surface area contributed by atoms with Crippen LogP contribution in [0.15, 0.2) is 56.4 Å². The predicted octanol–water partition coefficient (Wildman–Crippen LogP) is 1.89. The Bertz CT molecular complexity index is 841. The zero-order valence-electron chi connectivity index (χ0n) is 12.2. The van der Waals surface area contributed by atoms with E-state index < -0.39 is 10.0 Å². The molecule has 1 aliphatic rings. The van der Waals surface area contributed by atoms with Gasteiger partial charge in [-0.1, -0.05) is 12.1 Å². The number of amidine groups is 1. The van der Waals surface area contributed by atoms with Crippen LogP contribution >= 0.6 is 0 Å². The molecule has 1 aromatic heterocycles. The predicted molar refractivity (Wildman–Crippen MR) is 84.5 cm³/mol. The molecule has 3 rings (SSSR count). The van der Waals surface area contributed by atoms with Gasteiger partial charge in [-0.05, 0) is 24.3 Å². The number of fused-ring (bicyclic) bond motifs is 1. The second kappa shape index (κ2) is 6.25. The molecule has 2 aromatic rings. The highest BCUT2D eigenvalue weighted by molar-refractivity contribution is 7.90. The molecule has 2 N–H and O–H groups in total. The summed E-state index contributed by atoms with van der Waals surface area (Å²) < 4.78 is 33.0. The van der Waals surface area contributed by atoms with Gasteiger partial charge in [-0.3, -0.25) is 4.79 Å². The van der Waals surface area contributed by atoms with Crippen molar-refractivity contribution >= 4 is 27.5 Å². The number of sulfonamides is 1. The largest absolute Gasteiger partial charge is 0.467 e. The van der Waals surface area contributed by atoms with Crippen LogP contribution in [0.25, 0.3) is 0 Å². The van der Waals surface area contributed by atoms with Crippen molar-refractivity contribution in [2.75, 3.05) is 5.32 Å². The molecule has 7 nitrogen and oxygen atoms in total. The smallest absolute Gasteiger partial charge is 0.286 e. The monoisotopic (exact) mass is 333 g/mol. The summed E-state index contributed by atoms with van der Waals surface area (Å²) in [6, 6.07) is 10.0. The Labute approximate surface area is 133 Å². The lowest BCUT2D eigenvalue weighted by Gasteiger charge is -2.17. The number of hydrogen-bond acceptors (Lipinski definition) is 5. The molecule has 0 radical (unpaired) electrons. The average molecular weight is 333 g/mol. The summed E-state index contributed by atoms with van der Waals surface area (Å²) in [5, 5.41) is 5.65. The number of furan rings is 1. The average Bonchev–Trinajstić information content (AvgIpc) is 3.04. The molecule has 1 aromatic carbocycles. The van der Waals surface area contributed by atoms with E-state index in [2.05, 4.69) is 15.0 Å². The lowest BCUT2D eigenvalue weighted by Crippen LogP contribution is -2.26. The minimum absolute atomic E-state index is 0.129. The summed E-state index contributed by atoms with van der Waals surface area (Å²) in [6.07, 6.45) is 1.87. The fourth-order valence-corrected chi connectivity index (χ4v) is 3.37. The lowest BCUT2D eigenvalue weighted by atomic mass is 10.2. The van der Waals surface area contributed by atoms with E-state index in [1.807, 2.05) is 0 Å². The first kappa shape index (κ1) is 15.3. The molecule has 1 aliphatic heterocycles. The minimum atomic E-state index is -3.71. The van der Waals surface area contributed by atoms with Crippen molar-refractivity contribution in [3.63, 3.8) is 0 Å². The van der Waals surface area contributed by atoms with Crippen LogP contribution in [0.1, 0.15) is 18.6 Å². The molecule has 0 bridgehead atoms. The maximum atomic E-state index is 12.1. The summed E-state index contributed by atoms with van der Waals surface area (Å²) in [5.41, 5.74) is 0.480. The molecule has 120 valence electrons. The molecule has 0 aliphatic carbocycles. The van der Waals surface area contributed by atoms with Gasteiger partial charge in [-0.25, -0.2) is 0 Å². The first-order valence-electron chi connectivity index (χ1n) is 7.03. The molecule has 0 spiro atoms. The van der Waals surface area contributed by atoms with Crippen LogP contribution in [-0.4, -0.2) is 20.2 Å². The van der Waals surface area contributed by atoms with Crippen LogP contribution in [0.4, 0.5) is 5.69 Å². The summed E-state index contributed by atoms with van der Waals surface area (Å²) in [6.45, 7) is 0.298. The van der Waals surface area contributed by atoms with Crippen LogP contribution in [0, 0.1) is 0 Å². The van der Waals surface area contributed by atoms with Crippen LogP contribution in [0.2, 0.25) is 0 Å². The van der Waals surface area contributed by atoms with Crippen molar-refractivity contribution in [3.05, 3.63) is 48.4 Å². The Morgan fingerprint density at radius 1 is 1.22 bits per heavy atom. The summed E-state index contributed by atoms with van der Waals surface area (Å²) in [4.78, 5) is 11.9. The number of rotatable bonds is 5. The molecule has 2 heterocycles. The standard InChI is InChI=1S/C15H15N3O4S/c19-15(16-10-11-4-3-9-22-11)8-7-14-17-12-5-1-2-6-13(12)23(20,21)18-14/h1-6,9H,7-8,10H2,(H,16,19)(H,17,18). The number of hydrogen-bond donors (Lipinski definition) is 2. The third-order valence-corrected chi connectivity index (χ3v) is 4.68. The van der Waals surface area contributed by atoms with E-state index >= 15 is 0 Å². The second-order valence-corrected chi connectivity index (χ2v) is 6.56. The number of para-hydroxylation sites is 1. The third kappa shape index (κ3) is 3.59. The molecule has 0 unspecified atom stereocenters. The van der Waals surface area contributed by atoms with Gasteiger partial charge in [0.2, 0.25) is 5.91 Å². The summed E-state index contributed by atoms with van der Waals surface area (Å²) in [7, 11) is -3.71. The molecule has 23 heavy (non-hydrogen) atoms. The second-order valence-electron chi connectivity index (χ2n) is 4.99. The highest BCUT2D eigenvalue weighted by atomic mass is 32.2. The fourth-order valence-electron chi connectivity index (χ4n) is 2.19. The van der Waals surface area contributed by atoms with Gasteiger partial charge in [-0.15, -0.1) is 4.40 Å². The number of nitrogens with one attached hydrogen (secondary N) is 2. The van der Waals surface area contributed by atoms with Gasteiger partial charge in [0.1, 0.15) is 16.5 Å². The number of amides is 1. The van der Waals surface area contributed by atoms with Crippen molar-refractivity contribution in [2.45, 2.75) is 24.3 Å². The lowest BCUT2D eigenvalue weighted by molar-refractivity contribution is -0.121. The van der Waals surface area contributed by atoms with Crippen molar-refractivity contribution in [2.24, 2.45) is 4.40 Å². The van der Waals surface area contributed by atoms with E-state index in [-0.39, 0.29) is 29.5 Å². The molecular weight excluding hydrogens is 318 g/mol. The van der Waals surface area contributed by atoms with Gasteiger partial charge >= 0.3 is 0 Å². The fraction of sp³-hybridized carbons (Fsp3) is 0.200. The van der Waals surface area contributed by atoms with Gasteiger partial charge in [0, 0.05) is 12.8 Å². The molecule has 0 saturated carbocycles. The van der Waals surface area contributed by atoms with Crippen molar-refractivity contribution in [3.8, 4) is 0 Å². The molecule has 0 atom stereocenters. The Kier molecular flexibility index (Phi) is 4.16. The van der Waals surface area contributed by atoms with E-state index in [9.17, 15) is 13.2 Å². The van der Waals surface area contributed by atoms with E-state index in [1.54, 1.807) is 30.3 Å². The van der Waals surface area contributed by atoms with Crippen molar-refractivity contribution in [1.82, 2.24) is 5.32 Å². The Balaban J connectivity index is 1.59. The summed E-state index contributed by atoms with van der Waals surface area (Å²) in [5.74, 6) is 0.710. The van der Waals surface area contributed by atoms with Crippen LogP contribution < -0.4 is 10.6 Å². The number of benzene rings is 1. The third-order valence-electron chi connectivity index (χ3n) is 3.30. The maximum Gasteiger partial charge on any atom is 0.286 e. The highest BCUT2D eigenvalue weighted by Gasteiger charge is 2.24. The van der Waals surface area contributed by atoms with Crippen molar-refractivity contribution in [1.29, 1.82) is 0 Å². The van der Waals surface area contributed by atoms with Gasteiger partial charge in [-0.2, -0.15) is 8.42 Å². The normalized spacial score (nSPS) is 15.2. The van der Waals surface area contributed by atoms with Crippen LogP contribution in [0.3, 0.4) is 0 Å². The zero-order valence-corrected chi connectivity index (χ0v) is 13.0. The van der Waals surface area contributed by atoms with Crippen molar-refractivity contribution < 1.29 is 17.6 Å². The molecule has 1 amide bonds.